The Morgan fingerprint density at radius 1 is 1.05 bits per heavy atom. The number of aromatic amines is 1. The predicted octanol–water partition coefficient (Wildman–Crippen LogP) is 4.25. The van der Waals surface area contributed by atoms with E-state index < -0.39 is 11.7 Å². The van der Waals surface area contributed by atoms with E-state index in [0.717, 1.165) is 23.1 Å². The van der Waals surface area contributed by atoms with Crippen molar-refractivity contribution in [3.8, 4) is 11.1 Å². The molecule has 2 heterocycles. The molecule has 0 radical (unpaired) electrons. The summed E-state index contributed by atoms with van der Waals surface area (Å²) in [5.41, 5.74) is 1.28. The van der Waals surface area contributed by atoms with Crippen LogP contribution in [-0.4, -0.2) is 9.97 Å². The van der Waals surface area contributed by atoms with Crippen LogP contribution in [0.2, 0.25) is 0 Å². The summed E-state index contributed by atoms with van der Waals surface area (Å²) >= 11 is 0. The van der Waals surface area contributed by atoms with Crippen LogP contribution in [0, 0.1) is 0 Å². The first-order valence-corrected chi connectivity index (χ1v) is 5.65. The van der Waals surface area contributed by atoms with Crippen LogP contribution in [0.5, 0.6) is 0 Å². The third-order valence-electron chi connectivity index (χ3n) is 2.96. The fourth-order valence-electron chi connectivity index (χ4n) is 2.08. The van der Waals surface area contributed by atoms with Gasteiger partial charge in [0.05, 0.1) is 5.56 Å². The molecule has 0 unspecified atom stereocenters. The summed E-state index contributed by atoms with van der Waals surface area (Å²) in [5.74, 6) is 0. The number of hydrogen-bond acceptors (Lipinski definition) is 1. The Bertz CT molecular complexity index is 729. The number of hydrogen-bond donors (Lipinski definition) is 1. The number of nitrogens with one attached hydrogen (secondary N) is 1. The number of alkyl halides is 3. The van der Waals surface area contributed by atoms with Crippen LogP contribution in [0.3, 0.4) is 0 Å². The van der Waals surface area contributed by atoms with E-state index in [1.54, 1.807) is 30.6 Å². The molecule has 0 aliphatic rings. The lowest BCUT2D eigenvalue weighted by molar-refractivity contribution is -0.137. The summed E-state index contributed by atoms with van der Waals surface area (Å²) in [7, 11) is 0. The van der Waals surface area contributed by atoms with E-state index in [9.17, 15) is 13.2 Å². The van der Waals surface area contributed by atoms with Crippen molar-refractivity contribution in [2.45, 2.75) is 6.18 Å². The molecule has 0 saturated heterocycles. The third-order valence-corrected chi connectivity index (χ3v) is 2.96. The first-order chi connectivity index (χ1) is 9.05. The van der Waals surface area contributed by atoms with Gasteiger partial charge in [-0.3, -0.25) is 0 Å². The summed E-state index contributed by atoms with van der Waals surface area (Å²) in [6.45, 7) is 0. The van der Waals surface area contributed by atoms with Crippen molar-refractivity contribution in [3.63, 3.8) is 0 Å². The summed E-state index contributed by atoms with van der Waals surface area (Å²) in [6.07, 6.45) is -1.04. The number of H-pyrrole nitrogens is 1. The monoisotopic (exact) mass is 262 g/mol. The first kappa shape index (κ1) is 11.8. The number of aromatic nitrogens is 2. The highest BCUT2D eigenvalue weighted by molar-refractivity contribution is 5.92. The van der Waals surface area contributed by atoms with Gasteiger partial charge in [0.15, 0.2) is 0 Å². The van der Waals surface area contributed by atoms with Crippen LogP contribution in [0.1, 0.15) is 5.56 Å². The number of benzene rings is 1. The predicted molar refractivity (Wildman–Crippen MR) is 66.5 cm³/mol. The van der Waals surface area contributed by atoms with Gasteiger partial charge in [-0.1, -0.05) is 12.1 Å². The van der Waals surface area contributed by atoms with Crippen LogP contribution in [0.4, 0.5) is 13.2 Å². The highest BCUT2D eigenvalue weighted by Crippen LogP contribution is 2.33. The molecule has 2 nitrogen and oxygen atoms in total. The molecule has 0 aliphatic heterocycles. The summed E-state index contributed by atoms with van der Waals surface area (Å²) in [4.78, 5) is 7.06. The minimum atomic E-state index is -4.33. The maximum Gasteiger partial charge on any atom is 0.416 e. The van der Waals surface area contributed by atoms with Crippen molar-refractivity contribution < 1.29 is 13.2 Å². The largest absolute Gasteiger partial charge is 0.416 e. The normalized spacial score (nSPS) is 11.9. The molecular formula is C14H9F3N2. The van der Waals surface area contributed by atoms with Crippen LogP contribution >= 0.6 is 0 Å². The van der Waals surface area contributed by atoms with Crippen LogP contribution < -0.4 is 0 Å². The zero-order valence-electron chi connectivity index (χ0n) is 9.70. The van der Waals surface area contributed by atoms with Gasteiger partial charge in [-0.2, -0.15) is 13.2 Å². The molecule has 0 bridgehead atoms. The molecule has 3 rings (SSSR count). The van der Waals surface area contributed by atoms with Gasteiger partial charge >= 0.3 is 6.18 Å². The molecule has 19 heavy (non-hydrogen) atoms. The van der Waals surface area contributed by atoms with Gasteiger partial charge in [0, 0.05) is 17.8 Å². The highest BCUT2D eigenvalue weighted by atomic mass is 19.4. The quantitative estimate of drug-likeness (QED) is 0.697. The van der Waals surface area contributed by atoms with Gasteiger partial charge in [0.2, 0.25) is 0 Å². The smallest absolute Gasteiger partial charge is 0.346 e. The van der Waals surface area contributed by atoms with Crippen molar-refractivity contribution in [1.82, 2.24) is 9.97 Å². The molecule has 3 aromatic rings. The second kappa shape index (κ2) is 4.12. The second-order valence-corrected chi connectivity index (χ2v) is 4.18. The Labute approximate surface area is 106 Å². The molecular weight excluding hydrogens is 253 g/mol. The van der Waals surface area contributed by atoms with Crippen molar-refractivity contribution in [2.75, 3.05) is 0 Å². The topological polar surface area (TPSA) is 28.7 Å². The van der Waals surface area contributed by atoms with E-state index in [2.05, 4.69) is 9.97 Å². The lowest BCUT2D eigenvalue weighted by atomic mass is 10.0. The molecule has 0 amide bonds. The number of halogens is 3. The van der Waals surface area contributed by atoms with E-state index in [1.807, 2.05) is 0 Å². The standard InChI is InChI=1S/C14H9F3N2/c15-14(16,17)10-3-1-2-9(8-10)11-4-6-18-13-12(11)5-7-19-13/h1-8H,(H,18,19). The number of pyridine rings is 1. The Balaban J connectivity index is 2.19. The summed E-state index contributed by atoms with van der Waals surface area (Å²) in [5, 5.41) is 0.807. The van der Waals surface area contributed by atoms with E-state index in [1.165, 1.54) is 6.07 Å². The van der Waals surface area contributed by atoms with Gasteiger partial charge < -0.3 is 4.98 Å². The average Bonchev–Trinajstić information content (AvgIpc) is 2.86. The van der Waals surface area contributed by atoms with E-state index in [0.29, 0.717) is 11.2 Å². The maximum atomic E-state index is 12.7. The van der Waals surface area contributed by atoms with Crippen LogP contribution in [-0.2, 0) is 6.18 Å². The van der Waals surface area contributed by atoms with E-state index >= 15 is 0 Å². The minimum absolute atomic E-state index is 0.529. The molecule has 0 atom stereocenters. The van der Waals surface area contributed by atoms with Gasteiger partial charge in [-0.15, -0.1) is 0 Å². The SMILES string of the molecule is FC(F)(F)c1cccc(-c2ccnc3[nH]ccc23)c1. The Hall–Kier alpha value is -2.30. The summed E-state index contributed by atoms with van der Waals surface area (Å²) in [6, 6.07) is 8.82. The molecule has 1 aromatic carbocycles. The molecule has 5 heteroatoms. The lowest BCUT2D eigenvalue weighted by Crippen LogP contribution is -2.04. The van der Waals surface area contributed by atoms with Crippen molar-refractivity contribution >= 4 is 11.0 Å². The van der Waals surface area contributed by atoms with Crippen molar-refractivity contribution in [2.24, 2.45) is 0 Å². The Kier molecular flexibility index (Phi) is 2.55. The zero-order valence-corrected chi connectivity index (χ0v) is 9.70. The maximum absolute atomic E-state index is 12.7. The van der Waals surface area contributed by atoms with Crippen LogP contribution in [0.15, 0.2) is 48.8 Å². The summed E-state index contributed by atoms with van der Waals surface area (Å²) < 4.78 is 38.2. The van der Waals surface area contributed by atoms with Gasteiger partial charge in [-0.05, 0) is 35.4 Å². The molecule has 96 valence electrons. The van der Waals surface area contributed by atoms with E-state index in [-0.39, 0.29) is 0 Å². The highest BCUT2D eigenvalue weighted by Gasteiger charge is 2.30. The van der Waals surface area contributed by atoms with Crippen molar-refractivity contribution in [3.05, 3.63) is 54.4 Å². The van der Waals surface area contributed by atoms with E-state index in [4.69, 9.17) is 0 Å². The van der Waals surface area contributed by atoms with Crippen LogP contribution in [0.25, 0.3) is 22.2 Å². The third kappa shape index (κ3) is 2.07. The number of fused-ring (bicyclic) bond motifs is 1. The molecule has 1 N–H and O–H groups in total. The molecule has 2 aromatic heterocycles. The average molecular weight is 262 g/mol. The van der Waals surface area contributed by atoms with Gasteiger partial charge in [-0.25, -0.2) is 4.98 Å². The zero-order chi connectivity index (χ0) is 13.5. The van der Waals surface area contributed by atoms with Gasteiger partial charge in [0.1, 0.15) is 5.65 Å². The lowest BCUT2D eigenvalue weighted by Gasteiger charge is -2.09. The Morgan fingerprint density at radius 2 is 1.89 bits per heavy atom. The molecule has 0 saturated carbocycles. The first-order valence-electron chi connectivity index (χ1n) is 5.65. The molecule has 0 aliphatic carbocycles. The fourth-order valence-corrected chi connectivity index (χ4v) is 2.08. The van der Waals surface area contributed by atoms with Crippen molar-refractivity contribution in [1.29, 1.82) is 0 Å². The molecule has 0 spiro atoms. The minimum Gasteiger partial charge on any atom is -0.346 e. The molecule has 0 fully saturated rings. The second-order valence-electron chi connectivity index (χ2n) is 4.18. The fraction of sp³-hybridized carbons (Fsp3) is 0.0714. The number of nitrogens with zero attached hydrogens (tertiary/aromatic N) is 1. The Morgan fingerprint density at radius 3 is 2.68 bits per heavy atom. The van der Waals surface area contributed by atoms with Gasteiger partial charge in [0.25, 0.3) is 0 Å². The number of rotatable bonds is 1.